The minimum atomic E-state index is 0.492. The molecule has 0 aliphatic heterocycles. The van der Waals surface area contributed by atoms with Crippen molar-refractivity contribution in [1.82, 2.24) is 30.1 Å². The standard InChI is InChI=1S/C13H16N6S/c1-9(2)15-7-5-11-18-19-12(16-17-13(19)20-11)10-4-3-6-14-8-10/h3-4,6,8-9,15H,5,7H2,1-2H3. The van der Waals surface area contributed by atoms with Gasteiger partial charge in [0.15, 0.2) is 5.82 Å². The molecular formula is C13H16N6S. The molecule has 0 aliphatic rings. The van der Waals surface area contributed by atoms with Gasteiger partial charge in [0.2, 0.25) is 4.96 Å². The topological polar surface area (TPSA) is 68.0 Å². The number of rotatable bonds is 5. The monoisotopic (exact) mass is 288 g/mol. The van der Waals surface area contributed by atoms with Crippen LogP contribution < -0.4 is 5.32 Å². The molecule has 3 heterocycles. The summed E-state index contributed by atoms with van der Waals surface area (Å²) in [6.45, 7) is 5.20. The third-order valence-corrected chi connectivity index (χ3v) is 3.80. The number of hydrogen-bond donors (Lipinski definition) is 1. The molecule has 20 heavy (non-hydrogen) atoms. The van der Waals surface area contributed by atoms with Crippen molar-refractivity contribution in [1.29, 1.82) is 0 Å². The predicted molar refractivity (Wildman–Crippen MR) is 78.7 cm³/mol. The Hall–Kier alpha value is -1.86. The van der Waals surface area contributed by atoms with Crippen LogP contribution in [0.1, 0.15) is 18.9 Å². The van der Waals surface area contributed by atoms with Crippen LogP contribution in [0, 0.1) is 0 Å². The molecule has 104 valence electrons. The molecule has 6 nitrogen and oxygen atoms in total. The van der Waals surface area contributed by atoms with Crippen LogP contribution in [0.3, 0.4) is 0 Å². The summed E-state index contributed by atoms with van der Waals surface area (Å²) in [6.07, 6.45) is 4.42. The summed E-state index contributed by atoms with van der Waals surface area (Å²) in [5.74, 6) is 0.743. The van der Waals surface area contributed by atoms with Crippen LogP contribution in [-0.4, -0.2) is 37.4 Å². The normalized spacial score (nSPS) is 11.6. The summed E-state index contributed by atoms with van der Waals surface area (Å²) in [6, 6.07) is 4.34. The lowest BCUT2D eigenvalue weighted by molar-refractivity contribution is 0.588. The first-order valence-electron chi connectivity index (χ1n) is 6.59. The molecular weight excluding hydrogens is 272 g/mol. The zero-order chi connectivity index (χ0) is 13.9. The van der Waals surface area contributed by atoms with Crippen molar-refractivity contribution in [3.63, 3.8) is 0 Å². The Balaban J connectivity index is 1.84. The molecule has 0 saturated carbocycles. The predicted octanol–water partition coefficient (Wildman–Crippen LogP) is 1.79. The number of nitrogens with one attached hydrogen (secondary N) is 1. The highest BCUT2D eigenvalue weighted by Crippen LogP contribution is 2.20. The SMILES string of the molecule is CC(C)NCCc1nn2c(-c3cccnc3)nnc2s1. The lowest BCUT2D eigenvalue weighted by Crippen LogP contribution is -2.24. The summed E-state index contributed by atoms with van der Waals surface area (Å²) in [4.78, 5) is 4.93. The summed E-state index contributed by atoms with van der Waals surface area (Å²) < 4.78 is 1.80. The number of hydrogen-bond acceptors (Lipinski definition) is 6. The van der Waals surface area contributed by atoms with Gasteiger partial charge in [-0.3, -0.25) is 4.98 Å². The van der Waals surface area contributed by atoms with E-state index in [0.29, 0.717) is 6.04 Å². The summed E-state index contributed by atoms with van der Waals surface area (Å²) >= 11 is 1.58. The minimum absolute atomic E-state index is 0.492. The molecule has 3 rings (SSSR count). The van der Waals surface area contributed by atoms with Crippen molar-refractivity contribution < 1.29 is 0 Å². The van der Waals surface area contributed by atoms with Crippen LogP contribution in [0.15, 0.2) is 24.5 Å². The molecule has 0 radical (unpaired) electrons. The first-order valence-corrected chi connectivity index (χ1v) is 7.40. The van der Waals surface area contributed by atoms with Gasteiger partial charge >= 0.3 is 0 Å². The second kappa shape index (κ2) is 5.64. The van der Waals surface area contributed by atoms with Gasteiger partial charge < -0.3 is 5.32 Å². The Bertz CT molecular complexity index is 687. The molecule has 0 fully saturated rings. The Labute approximate surface area is 120 Å². The van der Waals surface area contributed by atoms with E-state index in [1.165, 1.54) is 0 Å². The van der Waals surface area contributed by atoms with Gasteiger partial charge in [-0.05, 0) is 12.1 Å². The maximum absolute atomic E-state index is 4.59. The van der Waals surface area contributed by atoms with Crippen molar-refractivity contribution in [2.45, 2.75) is 26.3 Å². The Kier molecular flexibility index (Phi) is 3.70. The highest BCUT2D eigenvalue weighted by molar-refractivity contribution is 7.16. The molecule has 3 aromatic rings. The second-order valence-electron chi connectivity index (χ2n) is 4.81. The van der Waals surface area contributed by atoms with E-state index in [0.717, 1.165) is 34.3 Å². The zero-order valence-electron chi connectivity index (χ0n) is 11.4. The fourth-order valence-electron chi connectivity index (χ4n) is 1.90. The third-order valence-electron chi connectivity index (χ3n) is 2.84. The molecule has 0 atom stereocenters. The first kappa shape index (κ1) is 13.1. The molecule has 0 aromatic carbocycles. The maximum atomic E-state index is 4.59. The lowest BCUT2D eigenvalue weighted by Gasteiger charge is -2.05. The number of fused-ring (bicyclic) bond motifs is 1. The van der Waals surface area contributed by atoms with Crippen LogP contribution in [0.4, 0.5) is 0 Å². The van der Waals surface area contributed by atoms with E-state index in [-0.39, 0.29) is 0 Å². The quantitative estimate of drug-likeness (QED) is 0.775. The van der Waals surface area contributed by atoms with E-state index < -0.39 is 0 Å². The van der Waals surface area contributed by atoms with Crippen molar-refractivity contribution in [2.75, 3.05) is 6.54 Å². The Morgan fingerprint density at radius 1 is 1.35 bits per heavy atom. The fraction of sp³-hybridized carbons (Fsp3) is 0.385. The smallest absolute Gasteiger partial charge is 0.234 e. The van der Waals surface area contributed by atoms with Gasteiger partial charge in [-0.2, -0.15) is 9.61 Å². The highest BCUT2D eigenvalue weighted by Gasteiger charge is 2.13. The molecule has 0 amide bonds. The van der Waals surface area contributed by atoms with Crippen molar-refractivity contribution in [2.24, 2.45) is 0 Å². The van der Waals surface area contributed by atoms with Crippen molar-refractivity contribution >= 4 is 16.3 Å². The van der Waals surface area contributed by atoms with Crippen LogP contribution in [-0.2, 0) is 6.42 Å². The Morgan fingerprint density at radius 3 is 3.00 bits per heavy atom. The van der Waals surface area contributed by atoms with Gasteiger partial charge in [0.1, 0.15) is 5.01 Å². The molecule has 0 bridgehead atoms. The third kappa shape index (κ3) is 2.68. The molecule has 0 unspecified atom stereocenters. The largest absolute Gasteiger partial charge is 0.314 e. The molecule has 3 aromatic heterocycles. The van der Waals surface area contributed by atoms with Gasteiger partial charge in [-0.25, -0.2) is 0 Å². The lowest BCUT2D eigenvalue weighted by atomic mass is 10.3. The van der Waals surface area contributed by atoms with Crippen molar-refractivity contribution in [3.05, 3.63) is 29.5 Å². The summed E-state index contributed by atoms with van der Waals surface area (Å²) in [5, 5.41) is 17.4. The van der Waals surface area contributed by atoms with Gasteiger partial charge in [-0.1, -0.05) is 25.2 Å². The zero-order valence-corrected chi connectivity index (χ0v) is 12.3. The fourth-order valence-corrected chi connectivity index (χ4v) is 2.73. The first-order chi connectivity index (χ1) is 9.74. The maximum Gasteiger partial charge on any atom is 0.234 e. The highest BCUT2D eigenvalue weighted by atomic mass is 32.1. The molecule has 7 heteroatoms. The molecule has 0 saturated heterocycles. The van der Waals surface area contributed by atoms with Crippen LogP contribution in [0.25, 0.3) is 16.3 Å². The number of pyridine rings is 1. The van der Waals surface area contributed by atoms with E-state index >= 15 is 0 Å². The van der Waals surface area contributed by atoms with E-state index in [9.17, 15) is 0 Å². The van der Waals surface area contributed by atoms with Crippen LogP contribution >= 0.6 is 11.3 Å². The molecule has 0 spiro atoms. The summed E-state index contributed by atoms with van der Waals surface area (Å²) in [7, 11) is 0. The number of nitrogens with zero attached hydrogens (tertiary/aromatic N) is 5. The van der Waals surface area contributed by atoms with Crippen LogP contribution in [0.5, 0.6) is 0 Å². The summed E-state index contributed by atoms with van der Waals surface area (Å²) in [5.41, 5.74) is 0.928. The molecule has 0 aliphatic carbocycles. The molecule has 1 N–H and O–H groups in total. The average molecular weight is 288 g/mol. The van der Waals surface area contributed by atoms with E-state index in [2.05, 4.69) is 39.4 Å². The Morgan fingerprint density at radius 2 is 2.25 bits per heavy atom. The van der Waals surface area contributed by atoms with Gasteiger partial charge in [0.25, 0.3) is 0 Å². The van der Waals surface area contributed by atoms with Gasteiger partial charge in [0.05, 0.1) is 0 Å². The minimum Gasteiger partial charge on any atom is -0.314 e. The van der Waals surface area contributed by atoms with Gasteiger partial charge in [0, 0.05) is 37.0 Å². The average Bonchev–Trinajstić information content (AvgIpc) is 2.99. The van der Waals surface area contributed by atoms with E-state index in [1.54, 1.807) is 28.2 Å². The van der Waals surface area contributed by atoms with Crippen LogP contribution in [0.2, 0.25) is 0 Å². The number of aromatic nitrogens is 5. The second-order valence-corrected chi connectivity index (χ2v) is 5.85. The van der Waals surface area contributed by atoms with E-state index in [1.807, 2.05) is 12.1 Å². The van der Waals surface area contributed by atoms with Crippen molar-refractivity contribution in [3.8, 4) is 11.4 Å². The van der Waals surface area contributed by atoms with Gasteiger partial charge in [-0.15, -0.1) is 10.2 Å². The van der Waals surface area contributed by atoms with E-state index in [4.69, 9.17) is 0 Å².